The Hall–Kier alpha value is -2.30. The average Bonchev–Trinajstić information content (AvgIpc) is 2.92. The zero-order valence-electron chi connectivity index (χ0n) is 22.4. The number of phenolic OH excluding ortho intramolecular Hbond substituents is 2. The summed E-state index contributed by atoms with van der Waals surface area (Å²) in [6.07, 6.45) is 14.7. The number of allylic oxidation sites excluding steroid dienone is 2. The van der Waals surface area contributed by atoms with Crippen LogP contribution in [0, 0.1) is 0 Å². The lowest BCUT2D eigenvalue weighted by Gasteiger charge is -2.24. The lowest BCUT2D eigenvalue weighted by molar-refractivity contribution is 0.369. The molecule has 2 aromatic carbocycles. The van der Waals surface area contributed by atoms with Gasteiger partial charge in [0.25, 0.3) is 0 Å². The Morgan fingerprint density at radius 1 is 0.639 bits per heavy atom. The van der Waals surface area contributed by atoms with Crippen molar-refractivity contribution in [1.29, 1.82) is 0 Å². The van der Waals surface area contributed by atoms with E-state index in [-0.39, 0.29) is 0 Å². The van der Waals surface area contributed by atoms with E-state index in [4.69, 9.17) is 0 Å². The Morgan fingerprint density at radius 2 is 1.03 bits per heavy atom. The molecule has 0 aromatic heterocycles. The van der Waals surface area contributed by atoms with E-state index in [1.807, 2.05) is 12.1 Å². The number of nitrogens with one attached hydrogen (secondary N) is 2. The average molecular weight is 491 g/mol. The summed E-state index contributed by atoms with van der Waals surface area (Å²) in [4.78, 5) is 0. The normalized spacial score (nSPS) is 18.3. The molecule has 2 fully saturated rings. The molecule has 2 aliphatic carbocycles. The van der Waals surface area contributed by atoms with Crippen LogP contribution in [-0.4, -0.2) is 22.3 Å². The summed E-state index contributed by atoms with van der Waals surface area (Å²) in [7, 11) is 0. The number of phenols is 2. The number of hydrogen-bond acceptors (Lipinski definition) is 4. The van der Waals surface area contributed by atoms with Crippen LogP contribution in [0.5, 0.6) is 11.5 Å². The summed E-state index contributed by atoms with van der Waals surface area (Å²) in [5.74, 6) is 0.743. The first kappa shape index (κ1) is 26.8. The van der Waals surface area contributed by atoms with E-state index in [0.29, 0.717) is 36.7 Å². The molecule has 4 rings (SSSR count). The zero-order chi connectivity index (χ0) is 25.3. The molecule has 4 heteroatoms. The first-order valence-corrected chi connectivity index (χ1v) is 14.4. The molecule has 4 nitrogen and oxygen atoms in total. The fourth-order valence-electron chi connectivity index (χ4n) is 6.14. The van der Waals surface area contributed by atoms with Crippen LogP contribution in [0.2, 0.25) is 0 Å². The van der Waals surface area contributed by atoms with Crippen LogP contribution >= 0.6 is 0 Å². The van der Waals surface area contributed by atoms with Crippen molar-refractivity contribution in [2.24, 2.45) is 0 Å². The second-order valence-corrected chi connectivity index (χ2v) is 10.8. The van der Waals surface area contributed by atoms with E-state index >= 15 is 0 Å². The second-order valence-electron chi connectivity index (χ2n) is 10.8. The largest absolute Gasteiger partial charge is 0.508 e. The summed E-state index contributed by atoms with van der Waals surface area (Å²) < 4.78 is 0. The number of aromatic hydroxyl groups is 2. The van der Waals surface area contributed by atoms with Crippen molar-refractivity contribution in [3.63, 3.8) is 0 Å². The van der Waals surface area contributed by atoms with Gasteiger partial charge in [0, 0.05) is 36.3 Å². The van der Waals surface area contributed by atoms with Crippen molar-refractivity contribution >= 4 is 11.1 Å². The third-order valence-electron chi connectivity index (χ3n) is 8.30. The minimum absolute atomic E-state index is 0.372. The molecule has 4 N–H and O–H groups in total. The Balaban J connectivity index is 1.56. The van der Waals surface area contributed by atoms with Gasteiger partial charge in [0.1, 0.15) is 11.5 Å². The molecule has 2 aromatic rings. The lowest BCUT2D eigenvalue weighted by atomic mass is 9.89. The van der Waals surface area contributed by atoms with Gasteiger partial charge < -0.3 is 20.8 Å². The lowest BCUT2D eigenvalue weighted by Crippen LogP contribution is -2.30. The molecule has 0 saturated heterocycles. The molecule has 196 valence electrons. The maximum absolute atomic E-state index is 10.6. The van der Waals surface area contributed by atoms with E-state index in [9.17, 15) is 10.2 Å². The monoisotopic (exact) mass is 490 g/mol. The van der Waals surface area contributed by atoms with Crippen LogP contribution in [0.4, 0.5) is 0 Å². The molecule has 2 saturated carbocycles. The topological polar surface area (TPSA) is 64.5 Å². The summed E-state index contributed by atoms with van der Waals surface area (Å²) in [5, 5.41) is 28.5. The van der Waals surface area contributed by atoms with Crippen molar-refractivity contribution in [2.75, 3.05) is 0 Å². The number of hydrogen-bond donors (Lipinski definition) is 4. The first-order valence-electron chi connectivity index (χ1n) is 14.4. The van der Waals surface area contributed by atoms with E-state index in [2.05, 4.69) is 48.7 Å². The van der Waals surface area contributed by atoms with Crippen LogP contribution in [-0.2, 0) is 13.1 Å². The van der Waals surface area contributed by atoms with Crippen molar-refractivity contribution < 1.29 is 10.2 Å². The van der Waals surface area contributed by atoms with E-state index in [0.717, 1.165) is 24.0 Å². The SMILES string of the molecule is CC/C(=C(/CC)c1ccc(O)c(CNC2CCCCC2)c1)c1ccc(O)c(CNC2CCCCC2)c1. The quantitative estimate of drug-likeness (QED) is 0.258. The molecule has 2 aliphatic rings. The molecule has 0 heterocycles. The van der Waals surface area contributed by atoms with Crippen molar-refractivity contribution in [3.05, 3.63) is 58.7 Å². The Labute approximate surface area is 218 Å². The minimum Gasteiger partial charge on any atom is -0.508 e. The van der Waals surface area contributed by atoms with Crippen molar-refractivity contribution in [1.82, 2.24) is 10.6 Å². The maximum atomic E-state index is 10.6. The first-order chi connectivity index (χ1) is 17.6. The van der Waals surface area contributed by atoms with Gasteiger partial charge in [-0.1, -0.05) is 64.5 Å². The van der Waals surface area contributed by atoms with Gasteiger partial charge in [0.2, 0.25) is 0 Å². The zero-order valence-corrected chi connectivity index (χ0v) is 22.4. The van der Waals surface area contributed by atoms with Crippen LogP contribution < -0.4 is 10.6 Å². The highest BCUT2D eigenvalue weighted by atomic mass is 16.3. The summed E-state index contributed by atoms with van der Waals surface area (Å²) in [6.45, 7) is 5.84. The molecular weight excluding hydrogens is 444 g/mol. The molecule has 0 radical (unpaired) electrons. The summed E-state index contributed by atoms with van der Waals surface area (Å²) in [5.41, 5.74) is 6.94. The Morgan fingerprint density at radius 3 is 1.39 bits per heavy atom. The predicted octanol–water partition coefficient (Wildman–Crippen LogP) is 7.67. The fraction of sp³-hybridized carbons (Fsp3) is 0.562. The van der Waals surface area contributed by atoms with Gasteiger partial charge in [-0.2, -0.15) is 0 Å². The van der Waals surface area contributed by atoms with Crippen LogP contribution in [0.1, 0.15) is 113 Å². The molecule has 0 aliphatic heterocycles. The standard InChI is InChI=1S/C32H46N2O2/c1-3-29(23-15-17-31(35)25(19-23)21-33-27-11-7-5-8-12-27)30(4-2)24-16-18-32(36)26(20-24)22-34-28-13-9-6-10-14-28/h15-20,27-28,33-36H,3-14,21-22H2,1-2H3/b30-29+. The summed E-state index contributed by atoms with van der Waals surface area (Å²) in [6, 6.07) is 13.3. The number of rotatable bonds is 10. The smallest absolute Gasteiger partial charge is 0.120 e. The van der Waals surface area contributed by atoms with E-state index < -0.39 is 0 Å². The third kappa shape index (κ3) is 6.92. The molecule has 36 heavy (non-hydrogen) atoms. The molecule has 0 amide bonds. The Bertz CT molecular complexity index is 935. The number of benzene rings is 2. The van der Waals surface area contributed by atoms with Gasteiger partial charge in [-0.05, 0) is 85.1 Å². The van der Waals surface area contributed by atoms with Gasteiger partial charge >= 0.3 is 0 Å². The van der Waals surface area contributed by atoms with Crippen LogP contribution in [0.3, 0.4) is 0 Å². The van der Waals surface area contributed by atoms with Gasteiger partial charge in [0.05, 0.1) is 0 Å². The summed E-state index contributed by atoms with van der Waals surface area (Å²) >= 11 is 0. The molecule has 0 spiro atoms. The van der Waals surface area contributed by atoms with Gasteiger partial charge in [0.15, 0.2) is 0 Å². The maximum Gasteiger partial charge on any atom is 0.120 e. The van der Waals surface area contributed by atoms with Crippen LogP contribution in [0.15, 0.2) is 36.4 Å². The fourth-order valence-corrected chi connectivity index (χ4v) is 6.14. The van der Waals surface area contributed by atoms with E-state index in [1.54, 1.807) is 0 Å². The van der Waals surface area contributed by atoms with E-state index in [1.165, 1.54) is 86.5 Å². The third-order valence-corrected chi connectivity index (χ3v) is 8.30. The van der Waals surface area contributed by atoms with Gasteiger partial charge in [-0.3, -0.25) is 0 Å². The van der Waals surface area contributed by atoms with Gasteiger partial charge in [-0.25, -0.2) is 0 Å². The Kier molecular flexibility index (Phi) is 9.89. The highest BCUT2D eigenvalue weighted by Crippen LogP contribution is 2.35. The highest BCUT2D eigenvalue weighted by Gasteiger charge is 2.17. The minimum atomic E-state index is 0.372. The van der Waals surface area contributed by atoms with Crippen LogP contribution in [0.25, 0.3) is 11.1 Å². The predicted molar refractivity (Wildman–Crippen MR) is 151 cm³/mol. The second kappa shape index (κ2) is 13.3. The highest BCUT2D eigenvalue weighted by molar-refractivity contribution is 5.91. The van der Waals surface area contributed by atoms with Gasteiger partial charge in [-0.15, -0.1) is 0 Å². The van der Waals surface area contributed by atoms with Crippen molar-refractivity contribution in [3.8, 4) is 11.5 Å². The molecule has 0 unspecified atom stereocenters. The molecule has 0 atom stereocenters. The molecule has 0 bridgehead atoms. The molecular formula is C32H46N2O2. The van der Waals surface area contributed by atoms with Crippen molar-refractivity contribution in [2.45, 2.75) is 116 Å².